The van der Waals surface area contributed by atoms with E-state index in [0.717, 1.165) is 17.7 Å². The fourth-order valence-electron chi connectivity index (χ4n) is 4.06. The Morgan fingerprint density at radius 2 is 1.96 bits per heavy atom. The van der Waals surface area contributed by atoms with Crippen molar-refractivity contribution in [3.63, 3.8) is 0 Å². The number of likely N-dealkylation sites (tertiary alicyclic amines) is 1. The Labute approximate surface area is 154 Å². The van der Waals surface area contributed by atoms with Crippen molar-refractivity contribution in [2.45, 2.75) is 32.2 Å². The predicted octanol–water partition coefficient (Wildman–Crippen LogP) is 3.53. The van der Waals surface area contributed by atoms with Gasteiger partial charge in [-0.25, -0.2) is 4.39 Å². The van der Waals surface area contributed by atoms with Crippen LogP contribution in [-0.2, 0) is 6.42 Å². The number of amides is 1. The topological polar surface area (TPSA) is 46.3 Å². The maximum Gasteiger partial charge on any atom is 0.254 e. The number of hydrogen-bond acceptors (Lipinski definition) is 2. The van der Waals surface area contributed by atoms with Gasteiger partial charge in [0.15, 0.2) is 0 Å². The molecule has 0 radical (unpaired) electrons. The van der Waals surface area contributed by atoms with Crippen LogP contribution in [0.1, 0.15) is 39.9 Å². The number of carbonyl (C=O) groups is 1. The average Bonchev–Trinajstić information content (AvgIpc) is 3.40. The Bertz CT molecular complexity index is 831. The summed E-state index contributed by atoms with van der Waals surface area (Å²) in [6.45, 7) is 3.15. The van der Waals surface area contributed by atoms with Crippen LogP contribution >= 0.6 is 0 Å². The predicted molar refractivity (Wildman–Crippen MR) is 100 cm³/mol. The lowest BCUT2D eigenvalue weighted by atomic mass is 9.98. The van der Waals surface area contributed by atoms with E-state index in [4.69, 9.17) is 5.73 Å². The Balaban J connectivity index is 1.55. The zero-order valence-electron chi connectivity index (χ0n) is 15.1. The number of carbonyl (C=O) groups excluding carboxylic acids is 1. The molecular weight excluding hydrogens is 327 g/mol. The van der Waals surface area contributed by atoms with Gasteiger partial charge >= 0.3 is 0 Å². The third kappa shape index (κ3) is 3.38. The van der Waals surface area contributed by atoms with Gasteiger partial charge in [-0.05, 0) is 66.8 Å². The van der Waals surface area contributed by atoms with E-state index in [2.05, 4.69) is 0 Å². The van der Waals surface area contributed by atoms with Gasteiger partial charge in [0.1, 0.15) is 5.82 Å². The van der Waals surface area contributed by atoms with Gasteiger partial charge in [-0.1, -0.05) is 30.3 Å². The number of rotatable bonds is 4. The molecule has 0 spiro atoms. The lowest BCUT2D eigenvalue weighted by Crippen LogP contribution is -2.33. The molecule has 0 aromatic heterocycles. The van der Waals surface area contributed by atoms with E-state index >= 15 is 0 Å². The molecule has 2 aromatic rings. The van der Waals surface area contributed by atoms with Gasteiger partial charge in [-0.2, -0.15) is 0 Å². The van der Waals surface area contributed by atoms with Crippen molar-refractivity contribution in [1.29, 1.82) is 0 Å². The highest BCUT2D eigenvalue weighted by Gasteiger charge is 2.42. The highest BCUT2D eigenvalue weighted by Crippen LogP contribution is 2.41. The summed E-state index contributed by atoms with van der Waals surface area (Å²) in [6.07, 6.45) is 3.04. The lowest BCUT2D eigenvalue weighted by Gasteiger charge is -2.18. The van der Waals surface area contributed by atoms with Gasteiger partial charge in [0.25, 0.3) is 5.91 Å². The number of nitrogens with two attached hydrogens (primary N) is 1. The van der Waals surface area contributed by atoms with Crippen LogP contribution in [0.4, 0.5) is 4.39 Å². The fourth-order valence-corrected chi connectivity index (χ4v) is 4.06. The number of nitrogens with zero attached hydrogens (tertiary/aromatic N) is 1. The standard InChI is InChI=1S/C22H25FN2O/c1-14-6-7-15(11-20(14)23)10-17-4-2-3-5-18(17)22(26)25-12-19(16-8-9-16)21(24)13-25/h2-7,11,16,19,21H,8-10,12-13,24H2,1H3. The van der Waals surface area contributed by atoms with Gasteiger partial charge in [0, 0.05) is 24.7 Å². The van der Waals surface area contributed by atoms with Crippen LogP contribution in [0.2, 0.25) is 0 Å². The first-order valence-corrected chi connectivity index (χ1v) is 9.40. The molecule has 136 valence electrons. The molecule has 1 amide bonds. The van der Waals surface area contributed by atoms with E-state index < -0.39 is 0 Å². The minimum atomic E-state index is -0.205. The zero-order valence-corrected chi connectivity index (χ0v) is 15.1. The highest BCUT2D eigenvalue weighted by molar-refractivity contribution is 5.96. The van der Waals surface area contributed by atoms with Gasteiger partial charge in [0.2, 0.25) is 0 Å². The van der Waals surface area contributed by atoms with Crippen LogP contribution in [-0.4, -0.2) is 29.9 Å². The second-order valence-electron chi connectivity index (χ2n) is 7.79. The molecule has 1 saturated heterocycles. The number of aryl methyl sites for hydroxylation is 1. The quantitative estimate of drug-likeness (QED) is 0.915. The zero-order chi connectivity index (χ0) is 18.3. The molecule has 3 nitrogen and oxygen atoms in total. The molecular formula is C22H25FN2O. The summed E-state index contributed by atoms with van der Waals surface area (Å²) in [5.41, 5.74) is 9.43. The number of benzene rings is 2. The van der Waals surface area contributed by atoms with Crippen LogP contribution in [0.25, 0.3) is 0 Å². The maximum absolute atomic E-state index is 13.9. The molecule has 1 aliphatic heterocycles. The largest absolute Gasteiger partial charge is 0.337 e. The molecule has 2 atom stereocenters. The van der Waals surface area contributed by atoms with E-state index in [1.807, 2.05) is 35.2 Å². The smallest absolute Gasteiger partial charge is 0.254 e. The molecule has 4 rings (SSSR count). The monoisotopic (exact) mass is 352 g/mol. The lowest BCUT2D eigenvalue weighted by molar-refractivity contribution is 0.0784. The number of hydrogen-bond donors (Lipinski definition) is 1. The maximum atomic E-state index is 13.9. The van der Waals surface area contributed by atoms with Crippen molar-refractivity contribution < 1.29 is 9.18 Å². The summed E-state index contributed by atoms with van der Waals surface area (Å²) in [4.78, 5) is 15.0. The van der Waals surface area contributed by atoms with Crippen molar-refractivity contribution >= 4 is 5.91 Å². The Kier molecular flexibility index (Phi) is 4.53. The van der Waals surface area contributed by atoms with Crippen molar-refractivity contribution in [1.82, 2.24) is 4.90 Å². The summed E-state index contributed by atoms with van der Waals surface area (Å²) >= 11 is 0. The minimum Gasteiger partial charge on any atom is -0.337 e. The Morgan fingerprint density at radius 3 is 2.69 bits per heavy atom. The van der Waals surface area contributed by atoms with E-state index in [9.17, 15) is 9.18 Å². The van der Waals surface area contributed by atoms with E-state index in [0.29, 0.717) is 35.9 Å². The molecule has 2 unspecified atom stereocenters. The second-order valence-corrected chi connectivity index (χ2v) is 7.79. The van der Waals surface area contributed by atoms with E-state index in [1.54, 1.807) is 19.1 Å². The fraction of sp³-hybridized carbons (Fsp3) is 0.409. The van der Waals surface area contributed by atoms with E-state index in [-0.39, 0.29) is 17.8 Å². The molecule has 1 aliphatic carbocycles. The Morgan fingerprint density at radius 1 is 1.19 bits per heavy atom. The molecule has 4 heteroatoms. The molecule has 1 saturated carbocycles. The molecule has 2 N–H and O–H groups in total. The first kappa shape index (κ1) is 17.2. The van der Waals surface area contributed by atoms with Gasteiger partial charge in [0.05, 0.1) is 0 Å². The average molecular weight is 352 g/mol. The third-order valence-corrected chi connectivity index (χ3v) is 5.81. The van der Waals surface area contributed by atoms with Crippen LogP contribution in [0.15, 0.2) is 42.5 Å². The van der Waals surface area contributed by atoms with Crippen molar-refractivity contribution in [2.24, 2.45) is 17.6 Å². The van der Waals surface area contributed by atoms with Crippen LogP contribution in [0.3, 0.4) is 0 Å². The van der Waals surface area contributed by atoms with Gasteiger partial charge < -0.3 is 10.6 Å². The van der Waals surface area contributed by atoms with Crippen molar-refractivity contribution in [3.05, 3.63) is 70.5 Å². The van der Waals surface area contributed by atoms with Gasteiger partial charge in [-0.3, -0.25) is 4.79 Å². The third-order valence-electron chi connectivity index (χ3n) is 5.81. The summed E-state index contributed by atoms with van der Waals surface area (Å²) in [5, 5.41) is 0. The second kappa shape index (κ2) is 6.84. The molecule has 26 heavy (non-hydrogen) atoms. The van der Waals surface area contributed by atoms with E-state index in [1.165, 1.54) is 12.8 Å². The SMILES string of the molecule is Cc1ccc(Cc2ccccc2C(=O)N2CC(N)C(C3CC3)C2)cc1F. The Hall–Kier alpha value is -2.20. The normalized spacial score (nSPS) is 22.7. The molecule has 0 bridgehead atoms. The van der Waals surface area contributed by atoms with Crippen LogP contribution < -0.4 is 5.73 Å². The summed E-state index contributed by atoms with van der Waals surface area (Å²) in [6, 6.07) is 13.0. The highest BCUT2D eigenvalue weighted by atomic mass is 19.1. The van der Waals surface area contributed by atoms with Crippen molar-refractivity contribution in [3.8, 4) is 0 Å². The number of halogens is 1. The minimum absolute atomic E-state index is 0.0479. The van der Waals surface area contributed by atoms with Gasteiger partial charge in [-0.15, -0.1) is 0 Å². The molecule has 2 aliphatic rings. The first-order valence-electron chi connectivity index (χ1n) is 9.40. The molecule has 2 fully saturated rings. The molecule has 2 aromatic carbocycles. The summed E-state index contributed by atoms with van der Waals surface area (Å²) in [7, 11) is 0. The summed E-state index contributed by atoms with van der Waals surface area (Å²) < 4.78 is 13.9. The first-order chi connectivity index (χ1) is 12.5. The van der Waals surface area contributed by atoms with Crippen LogP contribution in [0, 0.1) is 24.6 Å². The van der Waals surface area contributed by atoms with Crippen LogP contribution in [0.5, 0.6) is 0 Å². The molecule has 1 heterocycles. The van der Waals surface area contributed by atoms with Crippen molar-refractivity contribution in [2.75, 3.05) is 13.1 Å². The summed E-state index contributed by atoms with van der Waals surface area (Å²) in [5.74, 6) is 0.988.